The molecule has 162 valence electrons. The Morgan fingerprint density at radius 2 is 1.77 bits per heavy atom. The lowest BCUT2D eigenvalue weighted by atomic mass is 10.2. The summed E-state index contributed by atoms with van der Waals surface area (Å²) >= 11 is 0. The third-order valence-corrected chi connectivity index (χ3v) is 5.27. The zero-order valence-electron chi connectivity index (χ0n) is 17.7. The number of furan rings is 1. The van der Waals surface area contributed by atoms with Gasteiger partial charge < -0.3 is 19.0 Å². The molecule has 0 unspecified atom stereocenters. The molecule has 0 spiro atoms. The maximum Gasteiger partial charge on any atom is 0.242 e. The molecule has 7 nitrogen and oxygen atoms in total. The van der Waals surface area contributed by atoms with Gasteiger partial charge in [-0.2, -0.15) is 0 Å². The molecule has 1 aromatic heterocycles. The lowest BCUT2D eigenvalue weighted by Gasteiger charge is -2.29. The molecule has 0 N–H and O–H groups in total. The van der Waals surface area contributed by atoms with Gasteiger partial charge in [-0.15, -0.1) is 0 Å². The number of nitrogens with zero attached hydrogens (tertiary/aromatic N) is 3. The average Bonchev–Trinajstić information content (AvgIpc) is 3.27. The Kier molecular flexibility index (Phi) is 8.47. The summed E-state index contributed by atoms with van der Waals surface area (Å²) in [4.78, 5) is 31.0. The summed E-state index contributed by atoms with van der Waals surface area (Å²) in [7, 11) is 0. The molecule has 2 amide bonds. The molecule has 0 atom stereocenters. The summed E-state index contributed by atoms with van der Waals surface area (Å²) in [6, 6.07) is 13.5. The van der Waals surface area contributed by atoms with Crippen molar-refractivity contribution in [1.82, 2.24) is 14.7 Å². The molecule has 1 aliphatic heterocycles. The van der Waals surface area contributed by atoms with Gasteiger partial charge in [0.05, 0.1) is 32.6 Å². The van der Waals surface area contributed by atoms with Crippen molar-refractivity contribution in [3.05, 3.63) is 60.1 Å². The number of morpholine rings is 1. The minimum absolute atomic E-state index is 0.0754. The van der Waals surface area contributed by atoms with E-state index in [1.54, 1.807) is 16.1 Å². The maximum absolute atomic E-state index is 13.1. The first-order valence-electron chi connectivity index (χ1n) is 10.5. The molecule has 3 rings (SSSR count). The Balaban J connectivity index is 1.58. The van der Waals surface area contributed by atoms with E-state index in [0.29, 0.717) is 19.6 Å². The van der Waals surface area contributed by atoms with E-state index in [-0.39, 0.29) is 18.4 Å². The minimum Gasteiger partial charge on any atom is -0.467 e. The molecular weight excluding hydrogens is 382 g/mol. The number of hydrogen-bond donors (Lipinski definition) is 0. The molecule has 0 aliphatic carbocycles. The summed E-state index contributed by atoms with van der Waals surface area (Å²) in [5.41, 5.74) is 1.04. The van der Waals surface area contributed by atoms with Crippen molar-refractivity contribution in [2.45, 2.75) is 26.4 Å². The van der Waals surface area contributed by atoms with E-state index in [0.717, 1.165) is 50.6 Å². The Hall–Kier alpha value is -2.64. The molecular formula is C23H31N3O4. The molecule has 1 saturated heterocycles. The van der Waals surface area contributed by atoms with Crippen molar-refractivity contribution in [3.8, 4) is 0 Å². The van der Waals surface area contributed by atoms with Crippen LogP contribution in [0.25, 0.3) is 0 Å². The molecule has 0 radical (unpaired) electrons. The van der Waals surface area contributed by atoms with Gasteiger partial charge >= 0.3 is 0 Å². The largest absolute Gasteiger partial charge is 0.467 e. The average molecular weight is 414 g/mol. The fourth-order valence-electron chi connectivity index (χ4n) is 3.55. The monoisotopic (exact) mass is 413 g/mol. The first kappa shape index (κ1) is 22.1. The number of hydrogen-bond acceptors (Lipinski definition) is 5. The molecule has 2 aromatic rings. The summed E-state index contributed by atoms with van der Waals surface area (Å²) in [6.07, 6.45) is 2.44. The van der Waals surface area contributed by atoms with E-state index in [9.17, 15) is 9.59 Å². The summed E-state index contributed by atoms with van der Waals surface area (Å²) in [5.74, 6) is 0.556. The van der Waals surface area contributed by atoms with E-state index in [1.165, 1.54) is 6.92 Å². The van der Waals surface area contributed by atoms with Gasteiger partial charge in [0, 0.05) is 39.6 Å². The standard InChI is InChI=1S/C23H31N3O4/c1-20(27)25(11-6-10-24-12-15-29-16-13-24)19-23(28)26(18-22-9-5-14-30-22)17-21-7-3-2-4-8-21/h2-5,7-9,14H,6,10-13,15-19H2,1H3. The van der Waals surface area contributed by atoms with Crippen molar-refractivity contribution in [3.63, 3.8) is 0 Å². The first-order chi connectivity index (χ1) is 14.6. The van der Waals surface area contributed by atoms with Gasteiger partial charge in [-0.1, -0.05) is 30.3 Å². The topological polar surface area (TPSA) is 66.2 Å². The van der Waals surface area contributed by atoms with E-state index in [2.05, 4.69) is 4.90 Å². The van der Waals surface area contributed by atoms with Gasteiger partial charge in [-0.3, -0.25) is 14.5 Å². The number of benzene rings is 1. The normalized spacial score (nSPS) is 14.4. The number of amides is 2. The van der Waals surface area contributed by atoms with Gasteiger partial charge in [-0.05, 0) is 24.1 Å². The molecule has 30 heavy (non-hydrogen) atoms. The number of ether oxygens (including phenoxy) is 1. The highest BCUT2D eigenvalue weighted by Crippen LogP contribution is 2.12. The number of rotatable bonds is 10. The Morgan fingerprint density at radius 3 is 2.43 bits per heavy atom. The predicted molar refractivity (Wildman–Crippen MR) is 114 cm³/mol. The van der Waals surface area contributed by atoms with Crippen LogP contribution in [0.2, 0.25) is 0 Å². The van der Waals surface area contributed by atoms with Gasteiger partial charge in [0.15, 0.2) is 0 Å². The van der Waals surface area contributed by atoms with E-state index < -0.39 is 0 Å². The van der Waals surface area contributed by atoms with Crippen molar-refractivity contribution >= 4 is 11.8 Å². The van der Waals surface area contributed by atoms with Crippen LogP contribution in [0.5, 0.6) is 0 Å². The first-order valence-corrected chi connectivity index (χ1v) is 10.5. The van der Waals surface area contributed by atoms with E-state index >= 15 is 0 Å². The summed E-state index contributed by atoms with van der Waals surface area (Å²) < 4.78 is 10.8. The van der Waals surface area contributed by atoms with Crippen molar-refractivity contribution in [2.24, 2.45) is 0 Å². The number of carbonyl (C=O) groups excluding carboxylic acids is 2. The molecule has 1 aliphatic rings. The second kappa shape index (κ2) is 11.5. The third-order valence-electron chi connectivity index (χ3n) is 5.27. The van der Waals surface area contributed by atoms with Gasteiger partial charge in [0.2, 0.25) is 11.8 Å². The second-order valence-corrected chi connectivity index (χ2v) is 7.56. The molecule has 7 heteroatoms. The van der Waals surface area contributed by atoms with Crippen molar-refractivity contribution < 1.29 is 18.7 Å². The molecule has 0 saturated carbocycles. The Morgan fingerprint density at radius 1 is 1.00 bits per heavy atom. The second-order valence-electron chi connectivity index (χ2n) is 7.56. The molecule has 1 fully saturated rings. The van der Waals surface area contributed by atoms with Crippen LogP contribution >= 0.6 is 0 Å². The zero-order valence-corrected chi connectivity index (χ0v) is 17.7. The SMILES string of the molecule is CC(=O)N(CCCN1CCOCC1)CC(=O)N(Cc1ccccc1)Cc1ccco1. The molecule has 2 heterocycles. The quantitative estimate of drug-likeness (QED) is 0.598. The van der Waals surface area contributed by atoms with Crippen LogP contribution in [0.15, 0.2) is 53.1 Å². The highest BCUT2D eigenvalue weighted by atomic mass is 16.5. The lowest BCUT2D eigenvalue weighted by molar-refractivity contribution is -0.140. The van der Waals surface area contributed by atoms with Crippen LogP contribution in [0.4, 0.5) is 0 Å². The number of carbonyl (C=O) groups is 2. The highest BCUT2D eigenvalue weighted by molar-refractivity contribution is 5.83. The van der Waals surface area contributed by atoms with Crippen molar-refractivity contribution in [2.75, 3.05) is 45.9 Å². The van der Waals surface area contributed by atoms with Gasteiger partial charge in [0.25, 0.3) is 0 Å². The van der Waals surface area contributed by atoms with Crippen LogP contribution in [-0.2, 0) is 27.4 Å². The smallest absolute Gasteiger partial charge is 0.242 e. The van der Waals surface area contributed by atoms with Gasteiger partial charge in [-0.25, -0.2) is 0 Å². The lowest BCUT2D eigenvalue weighted by Crippen LogP contribution is -2.43. The fourth-order valence-corrected chi connectivity index (χ4v) is 3.55. The fraction of sp³-hybridized carbons (Fsp3) is 0.478. The van der Waals surface area contributed by atoms with Crippen LogP contribution in [-0.4, -0.2) is 72.5 Å². The maximum atomic E-state index is 13.1. The van der Waals surface area contributed by atoms with Crippen LogP contribution < -0.4 is 0 Å². The zero-order chi connectivity index (χ0) is 21.2. The summed E-state index contributed by atoms with van der Waals surface area (Å²) in [5, 5.41) is 0. The van der Waals surface area contributed by atoms with E-state index in [4.69, 9.17) is 9.15 Å². The predicted octanol–water partition coefficient (Wildman–Crippen LogP) is 2.38. The van der Waals surface area contributed by atoms with Crippen LogP contribution in [0.3, 0.4) is 0 Å². The highest BCUT2D eigenvalue weighted by Gasteiger charge is 2.21. The van der Waals surface area contributed by atoms with Crippen molar-refractivity contribution in [1.29, 1.82) is 0 Å². The van der Waals surface area contributed by atoms with E-state index in [1.807, 2.05) is 42.5 Å². The van der Waals surface area contributed by atoms with Gasteiger partial charge in [0.1, 0.15) is 5.76 Å². The minimum atomic E-state index is -0.0863. The third kappa shape index (κ3) is 7.00. The Labute approximate surface area is 178 Å². The summed E-state index contributed by atoms with van der Waals surface area (Å²) in [6.45, 7) is 7.29. The van der Waals surface area contributed by atoms with Crippen LogP contribution in [0.1, 0.15) is 24.7 Å². The molecule has 0 bridgehead atoms. The Bertz CT molecular complexity index is 773. The van der Waals surface area contributed by atoms with Crippen LogP contribution in [0, 0.1) is 0 Å². The molecule has 1 aromatic carbocycles.